The molecule has 0 aromatic rings. The first kappa shape index (κ1) is 14.9. The predicted molar refractivity (Wildman–Crippen MR) is 65.0 cm³/mol. The number of hydrogen-bond donors (Lipinski definition) is 0. The number of likely N-dealkylation sites (N-methyl/N-ethyl adjacent to an activating group) is 2. The molecule has 0 aliphatic carbocycles. The van der Waals surface area contributed by atoms with Gasteiger partial charge in [-0.3, -0.25) is 9.59 Å². The molecule has 0 aromatic heterocycles. The summed E-state index contributed by atoms with van der Waals surface area (Å²) in [6, 6.07) is 0.0951. The molecule has 0 aromatic carbocycles. The Hall–Kier alpha value is -1.06. The van der Waals surface area contributed by atoms with Crippen LogP contribution < -0.4 is 0 Å². The van der Waals surface area contributed by atoms with Gasteiger partial charge in [0.15, 0.2) is 0 Å². The van der Waals surface area contributed by atoms with Gasteiger partial charge in [0, 0.05) is 39.0 Å². The van der Waals surface area contributed by atoms with E-state index in [-0.39, 0.29) is 23.9 Å². The van der Waals surface area contributed by atoms with E-state index >= 15 is 0 Å². The van der Waals surface area contributed by atoms with Crippen molar-refractivity contribution in [3.63, 3.8) is 0 Å². The largest absolute Gasteiger partial charge is 0.338 e. The van der Waals surface area contributed by atoms with Gasteiger partial charge in [-0.15, -0.1) is 0 Å². The standard InChI is InChI=1S/C12H24N2O2/c1-7-13(11(5)15)9(3)10(4)14(8-2)12(6)16/h9-10H,7-8H2,1-6H3/t9-,10+. The van der Waals surface area contributed by atoms with Crippen LogP contribution in [0.25, 0.3) is 0 Å². The molecule has 0 bridgehead atoms. The fourth-order valence-electron chi connectivity index (χ4n) is 2.12. The van der Waals surface area contributed by atoms with Crippen LogP contribution in [0.1, 0.15) is 41.5 Å². The molecule has 4 heteroatoms. The fraction of sp³-hybridized carbons (Fsp3) is 0.833. The molecule has 0 spiro atoms. The molecule has 0 saturated heterocycles. The van der Waals surface area contributed by atoms with Gasteiger partial charge in [-0.05, 0) is 27.7 Å². The first-order valence-electron chi connectivity index (χ1n) is 5.91. The second-order valence-electron chi connectivity index (χ2n) is 4.09. The van der Waals surface area contributed by atoms with Gasteiger partial charge < -0.3 is 9.80 Å². The van der Waals surface area contributed by atoms with E-state index in [0.717, 1.165) is 0 Å². The van der Waals surface area contributed by atoms with Gasteiger partial charge in [0.2, 0.25) is 11.8 Å². The molecule has 0 aliphatic rings. The molecule has 94 valence electrons. The van der Waals surface area contributed by atoms with Crippen LogP contribution in [0.2, 0.25) is 0 Å². The smallest absolute Gasteiger partial charge is 0.219 e. The first-order valence-corrected chi connectivity index (χ1v) is 5.91. The molecule has 16 heavy (non-hydrogen) atoms. The number of hydrogen-bond acceptors (Lipinski definition) is 2. The summed E-state index contributed by atoms with van der Waals surface area (Å²) in [6.45, 7) is 12.4. The average molecular weight is 228 g/mol. The Morgan fingerprint density at radius 3 is 1.25 bits per heavy atom. The molecule has 0 rings (SSSR count). The van der Waals surface area contributed by atoms with Crippen molar-refractivity contribution >= 4 is 11.8 Å². The number of carbonyl (C=O) groups is 2. The van der Waals surface area contributed by atoms with Crippen molar-refractivity contribution in [2.24, 2.45) is 0 Å². The van der Waals surface area contributed by atoms with E-state index in [9.17, 15) is 9.59 Å². The van der Waals surface area contributed by atoms with Crippen LogP contribution in [0.15, 0.2) is 0 Å². The summed E-state index contributed by atoms with van der Waals surface area (Å²) in [4.78, 5) is 26.4. The van der Waals surface area contributed by atoms with Gasteiger partial charge in [0.1, 0.15) is 0 Å². The van der Waals surface area contributed by atoms with Crippen molar-refractivity contribution in [3.05, 3.63) is 0 Å². The molecule has 0 heterocycles. The van der Waals surface area contributed by atoms with Crippen LogP contribution in [-0.4, -0.2) is 46.8 Å². The molecule has 0 saturated carbocycles. The van der Waals surface area contributed by atoms with E-state index in [0.29, 0.717) is 13.1 Å². The van der Waals surface area contributed by atoms with Crippen molar-refractivity contribution in [2.45, 2.75) is 53.6 Å². The molecule has 4 nitrogen and oxygen atoms in total. The van der Waals surface area contributed by atoms with Gasteiger partial charge >= 0.3 is 0 Å². The third-order valence-corrected chi connectivity index (χ3v) is 3.17. The lowest BCUT2D eigenvalue weighted by Gasteiger charge is -2.37. The van der Waals surface area contributed by atoms with Crippen LogP contribution in [0, 0.1) is 0 Å². The van der Waals surface area contributed by atoms with Crippen molar-refractivity contribution in [1.82, 2.24) is 9.80 Å². The molecule has 0 aliphatic heterocycles. The Kier molecular flexibility index (Phi) is 6.08. The fourth-order valence-corrected chi connectivity index (χ4v) is 2.12. The van der Waals surface area contributed by atoms with Gasteiger partial charge in [-0.2, -0.15) is 0 Å². The van der Waals surface area contributed by atoms with E-state index in [4.69, 9.17) is 0 Å². The molecular weight excluding hydrogens is 204 g/mol. The van der Waals surface area contributed by atoms with Crippen molar-refractivity contribution < 1.29 is 9.59 Å². The minimum Gasteiger partial charge on any atom is -0.338 e. The third-order valence-electron chi connectivity index (χ3n) is 3.17. The SMILES string of the molecule is CCN(C(C)=O)[C@H](C)[C@H](C)N(CC)C(C)=O. The summed E-state index contributed by atoms with van der Waals surface area (Å²) in [6.07, 6.45) is 0. The van der Waals surface area contributed by atoms with Crippen LogP contribution in [0.3, 0.4) is 0 Å². The highest BCUT2D eigenvalue weighted by Gasteiger charge is 2.26. The number of nitrogens with zero attached hydrogens (tertiary/aromatic N) is 2. The minimum atomic E-state index is 0.0475. The summed E-state index contributed by atoms with van der Waals surface area (Å²) in [5, 5.41) is 0. The van der Waals surface area contributed by atoms with Gasteiger partial charge in [-0.25, -0.2) is 0 Å². The van der Waals surface area contributed by atoms with Crippen LogP contribution in [0.5, 0.6) is 0 Å². The highest BCUT2D eigenvalue weighted by molar-refractivity contribution is 5.75. The number of amides is 2. The van der Waals surface area contributed by atoms with Crippen molar-refractivity contribution in [3.8, 4) is 0 Å². The van der Waals surface area contributed by atoms with E-state index in [1.807, 2.05) is 27.7 Å². The van der Waals surface area contributed by atoms with Crippen LogP contribution >= 0.6 is 0 Å². The predicted octanol–water partition coefficient (Wildman–Crippen LogP) is 1.50. The Bertz CT molecular complexity index is 227. The molecule has 0 N–H and O–H groups in total. The molecular formula is C12H24N2O2. The molecule has 2 atom stereocenters. The maximum absolute atomic E-state index is 11.4. The van der Waals surface area contributed by atoms with Gasteiger partial charge in [0.25, 0.3) is 0 Å². The van der Waals surface area contributed by atoms with Crippen LogP contribution in [0.4, 0.5) is 0 Å². The van der Waals surface area contributed by atoms with E-state index in [2.05, 4.69) is 0 Å². The van der Waals surface area contributed by atoms with Crippen molar-refractivity contribution in [1.29, 1.82) is 0 Å². The Labute approximate surface area is 98.6 Å². The lowest BCUT2D eigenvalue weighted by atomic mass is 10.1. The quantitative estimate of drug-likeness (QED) is 0.715. The summed E-state index contributed by atoms with van der Waals surface area (Å²) in [7, 11) is 0. The van der Waals surface area contributed by atoms with Gasteiger partial charge in [0.05, 0.1) is 0 Å². The second kappa shape index (κ2) is 6.51. The van der Waals surface area contributed by atoms with E-state index in [1.54, 1.807) is 23.6 Å². The Balaban J connectivity index is 4.74. The zero-order valence-corrected chi connectivity index (χ0v) is 11.3. The van der Waals surface area contributed by atoms with Crippen LogP contribution in [-0.2, 0) is 9.59 Å². The normalized spacial score (nSPS) is 14.1. The maximum atomic E-state index is 11.4. The highest BCUT2D eigenvalue weighted by Crippen LogP contribution is 2.11. The summed E-state index contributed by atoms with van der Waals surface area (Å²) in [5.41, 5.74) is 0. The monoisotopic (exact) mass is 228 g/mol. The topological polar surface area (TPSA) is 40.6 Å². The molecule has 0 radical (unpaired) electrons. The number of rotatable bonds is 5. The second-order valence-corrected chi connectivity index (χ2v) is 4.09. The van der Waals surface area contributed by atoms with E-state index in [1.165, 1.54) is 0 Å². The molecule has 0 unspecified atom stereocenters. The summed E-state index contributed by atoms with van der Waals surface area (Å²) < 4.78 is 0. The zero-order valence-electron chi connectivity index (χ0n) is 11.3. The van der Waals surface area contributed by atoms with Crippen molar-refractivity contribution in [2.75, 3.05) is 13.1 Å². The molecule has 0 fully saturated rings. The zero-order chi connectivity index (χ0) is 12.9. The summed E-state index contributed by atoms with van der Waals surface area (Å²) in [5.74, 6) is 0.114. The Morgan fingerprint density at radius 1 is 0.875 bits per heavy atom. The first-order chi connectivity index (χ1) is 7.36. The average Bonchev–Trinajstić information content (AvgIpc) is 2.18. The maximum Gasteiger partial charge on any atom is 0.219 e. The third kappa shape index (κ3) is 3.51. The lowest BCUT2D eigenvalue weighted by Crippen LogP contribution is -2.51. The molecule has 2 amide bonds. The van der Waals surface area contributed by atoms with Gasteiger partial charge in [-0.1, -0.05) is 0 Å². The highest BCUT2D eigenvalue weighted by atomic mass is 16.2. The lowest BCUT2D eigenvalue weighted by molar-refractivity contribution is -0.137. The minimum absolute atomic E-state index is 0.0475. The Morgan fingerprint density at radius 2 is 1.12 bits per heavy atom. The summed E-state index contributed by atoms with van der Waals surface area (Å²) >= 11 is 0. The number of carbonyl (C=O) groups excluding carboxylic acids is 2. The van der Waals surface area contributed by atoms with E-state index < -0.39 is 0 Å².